The zero-order valence-electron chi connectivity index (χ0n) is 10.5. The van der Waals surface area contributed by atoms with Gasteiger partial charge in [0, 0.05) is 5.56 Å². The second kappa shape index (κ2) is 5.03. The van der Waals surface area contributed by atoms with Gasteiger partial charge in [-0.15, -0.1) is 0 Å². The molecule has 1 heterocycles. The third-order valence-electron chi connectivity index (χ3n) is 2.84. The summed E-state index contributed by atoms with van der Waals surface area (Å²) in [5, 5.41) is 0. The first-order chi connectivity index (χ1) is 9.98. The molecule has 0 fully saturated rings. The third-order valence-corrected chi connectivity index (χ3v) is 2.84. The van der Waals surface area contributed by atoms with Gasteiger partial charge in [0.1, 0.15) is 13.2 Å². The van der Waals surface area contributed by atoms with Crippen LogP contribution >= 0.6 is 0 Å². The van der Waals surface area contributed by atoms with Gasteiger partial charge in [0.05, 0.1) is 0 Å². The second-order valence-corrected chi connectivity index (χ2v) is 4.33. The van der Waals surface area contributed by atoms with Crippen molar-refractivity contribution in [2.24, 2.45) is 0 Å². The van der Waals surface area contributed by atoms with Gasteiger partial charge in [0.2, 0.25) is 5.78 Å². The molecular weight excluding hydrogens is 325 g/mol. The predicted octanol–water partition coefficient (Wildman–Crippen LogP) is 3.47. The number of halogens is 7. The molecule has 10 heteroatoms. The Morgan fingerprint density at radius 1 is 0.909 bits per heavy atom. The van der Waals surface area contributed by atoms with Crippen LogP contribution in [0, 0.1) is 0 Å². The van der Waals surface area contributed by atoms with E-state index in [2.05, 4.69) is 0 Å². The number of alkyl halides is 7. The summed E-state index contributed by atoms with van der Waals surface area (Å²) in [5.74, 6) is -15.2. The van der Waals surface area contributed by atoms with Gasteiger partial charge in [-0.3, -0.25) is 4.79 Å². The number of hydrogen-bond donors (Lipinski definition) is 0. The van der Waals surface area contributed by atoms with Crippen LogP contribution in [0.1, 0.15) is 10.4 Å². The highest BCUT2D eigenvalue weighted by molar-refractivity contribution is 6.02. The van der Waals surface area contributed by atoms with Crippen molar-refractivity contribution in [3.8, 4) is 11.5 Å². The van der Waals surface area contributed by atoms with E-state index in [0.717, 1.165) is 6.07 Å². The van der Waals surface area contributed by atoms with Crippen molar-refractivity contribution < 1.29 is 45.0 Å². The van der Waals surface area contributed by atoms with Crippen LogP contribution in [0.4, 0.5) is 30.7 Å². The molecule has 22 heavy (non-hydrogen) atoms. The molecule has 0 saturated heterocycles. The van der Waals surface area contributed by atoms with Crippen LogP contribution in [-0.2, 0) is 0 Å². The fraction of sp³-hybridized carbons (Fsp3) is 0.417. The van der Waals surface area contributed by atoms with E-state index in [1.165, 1.54) is 0 Å². The smallest absolute Gasteiger partial charge is 0.460 e. The average Bonchev–Trinajstić information content (AvgIpc) is 2.44. The first kappa shape index (κ1) is 16.4. The Hall–Kier alpha value is -2.00. The minimum atomic E-state index is -6.57. The minimum absolute atomic E-state index is 0.0136. The number of Topliss-reactive ketones (excluding diaryl/α,β-unsaturated/α-hetero) is 1. The molecule has 0 amide bonds. The lowest BCUT2D eigenvalue weighted by molar-refractivity contribution is -0.339. The first-order valence-corrected chi connectivity index (χ1v) is 5.75. The molecule has 122 valence electrons. The molecular formula is C12H7F7O3. The number of rotatable bonds is 3. The van der Waals surface area contributed by atoms with Crippen LogP contribution in [0.3, 0.4) is 0 Å². The molecule has 0 saturated carbocycles. The highest BCUT2D eigenvalue weighted by Gasteiger charge is 2.76. The second-order valence-electron chi connectivity index (χ2n) is 4.33. The molecule has 0 atom stereocenters. The van der Waals surface area contributed by atoms with E-state index in [-0.39, 0.29) is 24.7 Å². The molecule has 2 rings (SSSR count). The van der Waals surface area contributed by atoms with Crippen LogP contribution < -0.4 is 9.47 Å². The number of carbonyl (C=O) groups is 1. The van der Waals surface area contributed by atoms with Crippen molar-refractivity contribution in [3.63, 3.8) is 0 Å². The van der Waals surface area contributed by atoms with Gasteiger partial charge in [0.25, 0.3) is 0 Å². The molecule has 1 aromatic carbocycles. The molecule has 0 N–H and O–H groups in total. The largest absolute Gasteiger partial charge is 0.486 e. The standard InChI is InChI=1S/C12H7F7O3/c13-10(14,11(15,16)12(17,18)19)9(20)6-1-2-7-8(5-6)22-4-3-21-7/h1-2,5H,3-4H2. The van der Waals surface area contributed by atoms with Gasteiger partial charge in [-0.1, -0.05) is 0 Å². The Balaban J connectivity index is 2.38. The van der Waals surface area contributed by atoms with Crippen molar-refractivity contribution in [3.05, 3.63) is 23.8 Å². The zero-order chi connectivity index (χ0) is 16.8. The van der Waals surface area contributed by atoms with Crippen LogP contribution in [-0.4, -0.2) is 37.0 Å². The number of ketones is 1. The van der Waals surface area contributed by atoms with E-state index in [9.17, 15) is 35.5 Å². The number of hydrogen-bond acceptors (Lipinski definition) is 3. The van der Waals surface area contributed by atoms with E-state index >= 15 is 0 Å². The van der Waals surface area contributed by atoms with E-state index in [0.29, 0.717) is 12.1 Å². The van der Waals surface area contributed by atoms with E-state index in [1.54, 1.807) is 0 Å². The highest BCUT2D eigenvalue weighted by Crippen LogP contribution is 2.48. The Labute approximate surface area is 118 Å². The monoisotopic (exact) mass is 332 g/mol. The lowest BCUT2D eigenvalue weighted by Gasteiger charge is -2.27. The SMILES string of the molecule is O=C(c1ccc2c(c1)OCCO2)C(F)(F)C(F)(F)C(F)(F)F. The minimum Gasteiger partial charge on any atom is -0.486 e. The van der Waals surface area contributed by atoms with Crippen LogP contribution in [0.2, 0.25) is 0 Å². The molecule has 1 aromatic rings. The maximum absolute atomic E-state index is 13.3. The number of ether oxygens (including phenoxy) is 2. The van der Waals surface area contributed by atoms with Gasteiger partial charge < -0.3 is 9.47 Å². The average molecular weight is 332 g/mol. The number of carbonyl (C=O) groups excluding carboxylic acids is 1. The van der Waals surface area contributed by atoms with E-state index < -0.39 is 29.4 Å². The fourth-order valence-corrected chi connectivity index (χ4v) is 1.69. The van der Waals surface area contributed by atoms with Crippen LogP contribution in [0.15, 0.2) is 18.2 Å². The third kappa shape index (κ3) is 2.46. The Bertz CT molecular complexity index is 595. The van der Waals surface area contributed by atoms with Crippen molar-refractivity contribution in [2.75, 3.05) is 13.2 Å². The van der Waals surface area contributed by atoms with Crippen molar-refractivity contribution >= 4 is 5.78 Å². The van der Waals surface area contributed by atoms with Crippen molar-refractivity contribution in [1.29, 1.82) is 0 Å². The molecule has 3 nitrogen and oxygen atoms in total. The molecule has 0 aromatic heterocycles. The first-order valence-electron chi connectivity index (χ1n) is 5.75. The lowest BCUT2D eigenvalue weighted by atomic mass is 9.99. The molecule has 0 bridgehead atoms. The lowest BCUT2D eigenvalue weighted by Crippen LogP contribution is -2.56. The number of benzene rings is 1. The summed E-state index contributed by atoms with van der Waals surface area (Å²) < 4.78 is 98.4. The molecule has 1 aliphatic heterocycles. The molecule has 0 spiro atoms. The van der Waals surface area contributed by atoms with Gasteiger partial charge >= 0.3 is 18.0 Å². The quantitative estimate of drug-likeness (QED) is 0.628. The van der Waals surface area contributed by atoms with Crippen molar-refractivity contribution in [2.45, 2.75) is 18.0 Å². The zero-order valence-corrected chi connectivity index (χ0v) is 10.5. The Morgan fingerprint density at radius 2 is 1.45 bits per heavy atom. The number of fused-ring (bicyclic) bond motifs is 1. The Kier molecular flexibility index (Phi) is 3.74. The molecule has 1 aliphatic rings. The topological polar surface area (TPSA) is 35.5 Å². The fourth-order valence-electron chi connectivity index (χ4n) is 1.69. The maximum Gasteiger partial charge on any atom is 0.460 e. The summed E-state index contributed by atoms with van der Waals surface area (Å²) >= 11 is 0. The normalized spacial score (nSPS) is 15.6. The van der Waals surface area contributed by atoms with Crippen LogP contribution in [0.5, 0.6) is 11.5 Å². The molecule has 0 aliphatic carbocycles. The summed E-state index contributed by atoms with van der Waals surface area (Å²) in [4.78, 5) is 11.4. The van der Waals surface area contributed by atoms with E-state index in [1.807, 2.05) is 0 Å². The maximum atomic E-state index is 13.3. The molecule has 0 unspecified atom stereocenters. The molecule has 0 radical (unpaired) electrons. The summed E-state index contributed by atoms with van der Waals surface area (Å²) in [7, 11) is 0. The summed E-state index contributed by atoms with van der Waals surface area (Å²) in [6, 6.07) is 2.27. The van der Waals surface area contributed by atoms with Gasteiger partial charge in [-0.25, -0.2) is 0 Å². The van der Waals surface area contributed by atoms with Gasteiger partial charge in [-0.2, -0.15) is 30.7 Å². The van der Waals surface area contributed by atoms with Crippen molar-refractivity contribution in [1.82, 2.24) is 0 Å². The predicted molar refractivity (Wildman–Crippen MR) is 57.7 cm³/mol. The van der Waals surface area contributed by atoms with E-state index in [4.69, 9.17) is 9.47 Å². The summed E-state index contributed by atoms with van der Waals surface area (Å²) in [5.41, 5.74) is -1.04. The Morgan fingerprint density at radius 3 is 2.00 bits per heavy atom. The summed E-state index contributed by atoms with van der Waals surface area (Å²) in [6.07, 6.45) is -6.57. The van der Waals surface area contributed by atoms with Gasteiger partial charge in [0.15, 0.2) is 11.5 Å². The summed E-state index contributed by atoms with van der Waals surface area (Å²) in [6.45, 7) is 0.155. The van der Waals surface area contributed by atoms with Crippen LogP contribution in [0.25, 0.3) is 0 Å². The highest BCUT2D eigenvalue weighted by atomic mass is 19.4. The van der Waals surface area contributed by atoms with Gasteiger partial charge in [-0.05, 0) is 18.2 Å².